The summed E-state index contributed by atoms with van der Waals surface area (Å²) in [5.41, 5.74) is 5.09. The minimum Gasteiger partial charge on any atom is -0.295 e. The molecule has 6 atom stereocenters. The largest absolute Gasteiger partial charge is 0.295 e. The Balaban J connectivity index is 1.61. The smallest absolute Gasteiger partial charge is 0.156 e. The zero-order chi connectivity index (χ0) is 21.0. The number of rotatable bonds is 4. The van der Waals surface area contributed by atoms with Gasteiger partial charge in [-0.2, -0.15) is 0 Å². The van der Waals surface area contributed by atoms with E-state index in [2.05, 4.69) is 65.8 Å². The molecule has 1 heteroatoms. The van der Waals surface area contributed by atoms with Gasteiger partial charge in [0.25, 0.3) is 0 Å². The first-order valence-electron chi connectivity index (χ1n) is 12.0. The lowest BCUT2D eigenvalue weighted by Crippen LogP contribution is -2.40. The molecule has 0 aromatic heterocycles. The third-order valence-electron chi connectivity index (χ3n) is 9.39. The van der Waals surface area contributed by atoms with Crippen LogP contribution in [0.5, 0.6) is 0 Å². The number of ketones is 1. The van der Waals surface area contributed by atoms with Crippen molar-refractivity contribution in [3.05, 3.63) is 47.1 Å². The van der Waals surface area contributed by atoms with E-state index >= 15 is 0 Å². The highest BCUT2D eigenvalue weighted by atomic mass is 16.1. The Morgan fingerprint density at radius 3 is 2.48 bits per heavy atom. The fraction of sp³-hybridized carbons (Fsp3) is 0.679. The Morgan fingerprint density at radius 2 is 1.76 bits per heavy atom. The first kappa shape index (κ1) is 20.9. The highest BCUT2D eigenvalue weighted by Crippen LogP contribution is 2.63. The molecule has 0 bridgehead atoms. The van der Waals surface area contributed by atoms with Gasteiger partial charge in [-0.15, -0.1) is 0 Å². The fourth-order valence-electron chi connectivity index (χ4n) is 6.92. The topological polar surface area (TPSA) is 17.1 Å². The van der Waals surface area contributed by atoms with Crippen molar-refractivity contribution < 1.29 is 4.79 Å². The Labute approximate surface area is 178 Å². The maximum Gasteiger partial charge on any atom is 0.156 e. The lowest BCUT2D eigenvalue weighted by atomic mass is 9.54. The number of allylic oxidation sites excluding steroid dienone is 8. The molecular formula is C28H40O. The van der Waals surface area contributed by atoms with E-state index in [0.717, 1.165) is 12.3 Å². The fourth-order valence-corrected chi connectivity index (χ4v) is 6.92. The zero-order valence-corrected chi connectivity index (χ0v) is 19.4. The minimum atomic E-state index is 0.107. The van der Waals surface area contributed by atoms with Crippen molar-refractivity contribution >= 4 is 5.78 Å². The van der Waals surface area contributed by atoms with Gasteiger partial charge in [-0.25, -0.2) is 0 Å². The van der Waals surface area contributed by atoms with Gasteiger partial charge in [-0.3, -0.25) is 4.79 Å². The number of fused-ring (bicyclic) bond motifs is 4. The lowest BCUT2D eigenvalue weighted by molar-refractivity contribution is -0.115. The lowest BCUT2D eigenvalue weighted by Gasteiger charge is -2.50. The van der Waals surface area contributed by atoms with Gasteiger partial charge in [0.15, 0.2) is 5.78 Å². The van der Waals surface area contributed by atoms with E-state index in [1.807, 2.05) is 6.08 Å². The second-order valence-electron chi connectivity index (χ2n) is 11.3. The van der Waals surface area contributed by atoms with Crippen molar-refractivity contribution in [3.63, 3.8) is 0 Å². The molecule has 29 heavy (non-hydrogen) atoms. The molecule has 0 spiro atoms. The molecule has 0 saturated heterocycles. The van der Waals surface area contributed by atoms with Gasteiger partial charge < -0.3 is 0 Å². The van der Waals surface area contributed by atoms with Crippen LogP contribution in [0.2, 0.25) is 0 Å². The SMILES string of the molecule is CC(C)C(C)/C=C/[C@@H](C)[C@H]1CC[C@H]2C3=C(CC[C@]12C)[C@@]1(C)CCC(=O)C=C1C=C3. The predicted molar refractivity (Wildman–Crippen MR) is 122 cm³/mol. The zero-order valence-electron chi connectivity index (χ0n) is 19.4. The van der Waals surface area contributed by atoms with E-state index in [1.54, 1.807) is 11.1 Å². The van der Waals surface area contributed by atoms with Gasteiger partial charge in [-0.1, -0.05) is 71.4 Å². The summed E-state index contributed by atoms with van der Waals surface area (Å²) < 4.78 is 0. The van der Waals surface area contributed by atoms with E-state index < -0.39 is 0 Å². The van der Waals surface area contributed by atoms with E-state index in [4.69, 9.17) is 0 Å². The van der Waals surface area contributed by atoms with Crippen LogP contribution in [0.3, 0.4) is 0 Å². The molecule has 0 aliphatic heterocycles. The Hall–Kier alpha value is -1.37. The van der Waals surface area contributed by atoms with Crippen LogP contribution in [0.25, 0.3) is 0 Å². The van der Waals surface area contributed by atoms with Crippen LogP contribution in [0.4, 0.5) is 0 Å². The van der Waals surface area contributed by atoms with Gasteiger partial charge in [0, 0.05) is 11.8 Å². The number of hydrogen-bond acceptors (Lipinski definition) is 1. The predicted octanol–water partition coefficient (Wildman–Crippen LogP) is 7.46. The maximum absolute atomic E-state index is 12.0. The molecule has 4 rings (SSSR count). The van der Waals surface area contributed by atoms with E-state index in [-0.39, 0.29) is 5.41 Å². The highest BCUT2D eigenvalue weighted by Gasteiger charge is 2.53. The van der Waals surface area contributed by atoms with Crippen LogP contribution >= 0.6 is 0 Å². The molecule has 0 heterocycles. The molecular weight excluding hydrogens is 352 g/mol. The summed E-state index contributed by atoms with van der Waals surface area (Å²) in [7, 11) is 0. The quantitative estimate of drug-likeness (QED) is 0.454. The van der Waals surface area contributed by atoms with Gasteiger partial charge in [0.1, 0.15) is 0 Å². The summed E-state index contributed by atoms with van der Waals surface area (Å²) in [5, 5.41) is 0. The molecule has 0 amide bonds. The van der Waals surface area contributed by atoms with E-state index in [1.165, 1.54) is 31.3 Å². The second kappa shape index (κ2) is 7.40. The second-order valence-corrected chi connectivity index (χ2v) is 11.3. The molecule has 0 radical (unpaired) electrons. The average Bonchev–Trinajstić information content (AvgIpc) is 3.03. The molecule has 4 aliphatic carbocycles. The maximum atomic E-state index is 12.0. The first-order valence-corrected chi connectivity index (χ1v) is 12.0. The van der Waals surface area contributed by atoms with Crippen molar-refractivity contribution in [2.24, 2.45) is 40.4 Å². The highest BCUT2D eigenvalue weighted by molar-refractivity contribution is 5.92. The third-order valence-corrected chi connectivity index (χ3v) is 9.39. The molecule has 1 unspecified atom stereocenters. The number of carbonyl (C=O) groups excluding carboxylic acids is 1. The van der Waals surface area contributed by atoms with Crippen molar-refractivity contribution in [2.45, 2.75) is 80.1 Å². The van der Waals surface area contributed by atoms with Gasteiger partial charge in [-0.05, 0) is 84.3 Å². The molecule has 1 fully saturated rings. The van der Waals surface area contributed by atoms with Crippen LogP contribution in [0.1, 0.15) is 80.1 Å². The average molecular weight is 393 g/mol. The summed E-state index contributed by atoms with van der Waals surface area (Å²) in [6.45, 7) is 14.4. The Morgan fingerprint density at radius 1 is 1.00 bits per heavy atom. The molecule has 158 valence electrons. The molecule has 1 nitrogen and oxygen atoms in total. The molecule has 0 N–H and O–H groups in total. The van der Waals surface area contributed by atoms with Crippen LogP contribution in [0.15, 0.2) is 47.1 Å². The minimum absolute atomic E-state index is 0.107. The van der Waals surface area contributed by atoms with E-state index in [0.29, 0.717) is 41.3 Å². The molecule has 0 aromatic carbocycles. The van der Waals surface area contributed by atoms with Crippen LogP contribution in [-0.2, 0) is 4.79 Å². The molecule has 0 aromatic rings. The van der Waals surface area contributed by atoms with Gasteiger partial charge in [0.2, 0.25) is 0 Å². The van der Waals surface area contributed by atoms with Crippen LogP contribution < -0.4 is 0 Å². The van der Waals surface area contributed by atoms with E-state index in [9.17, 15) is 4.79 Å². The van der Waals surface area contributed by atoms with Crippen LogP contribution in [0, 0.1) is 40.4 Å². The number of carbonyl (C=O) groups is 1. The molecule has 1 saturated carbocycles. The van der Waals surface area contributed by atoms with Crippen molar-refractivity contribution in [1.29, 1.82) is 0 Å². The summed E-state index contributed by atoms with van der Waals surface area (Å²) in [4.78, 5) is 12.0. The monoisotopic (exact) mass is 392 g/mol. The van der Waals surface area contributed by atoms with Crippen LogP contribution in [-0.4, -0.2) is 5.78 Å². The first-order chi connectivity index (χ1) is 13.7. The third kappa shape index (κ3) is 3.33. The van der Waals surface area contributed by atoms with Crippen molar-refractivity contribution in [3.8, 4) is 0 Å². The normalized spacial score (nSPS) is 38.7. The summed E-state index contributed by atoms with van der Waals surface area (Å²) in [5.74, 6) is 3.81. The summed E-state index contributed by atoms with van der Waals surface area (Å²) in [6.07, 6.45) is 18.5. The Kier molecular flexibility index (Phi) is 5.33. The number of hydrogen-bond donors (Lipinski definition) is 0. The molecule has 4 aliphatic rings. The Bertz CT molecular complexity index is 806. The van der Waals surface area contributed by atoms with Gasteiger partial charge in [0.05, 0.1) is 0 Å². The van der Waals surface area contributed by atoms with Crippen molar-refractivity contribution in [1.82, 2.24) is 0 Å². The van der Waals surface area contributed by atoms with Crippen molar-refractivity contribution in [2.75, 3.05) is 0 Å². The summed E-state index contributed by atoms with van der Waals surface area (Å²) in [6, 6.07) is 0. The van der Waals surface area contributed by atoms with Gasteiger partial charge >= 0.3 is 0 Å². The standard InChI is InChI=1S/C28H40O/c1-18(2)19(3)7-8-20(4)24-11-12-25-23-10-9-21-17-22(29)13-15-27(21,5)26(23)14-16-28(24,25)6/h7-10,17-20,24-25H,11-16H2,1-6H3/b8-7+/t19?,20-,24-,25+,27+,28-/m1/s1. The summed E-state index contributed by atoms with van der Waals surface area (Å²) >= 11 is 0.